The summed E-state index contributed by atoms with van der Waals surface area (Å²) < 4.78 is 1.76. The number of hydrogen-bond donors (Lipinski definition) is 0. The molecule has 1 aliphatic heterocycles. The van der Waals surface area contributed by atoms with Crippen molar-refractivity contribution in [2.45, 2.75) is 19.3 Å². The van der Waals surface area contributed by atoms with Crippen LogP contribution >= 0.6 is 0 Å². The Bertz CT molecular complexity index is 473. The zero-order valence-electron chi connectivity index (χ0n) is 9.66. The van der Waals surface area contributed by atoms with Gasteiger partial charge in [0.2, 0.25) is 0 Å². The van der Waals surface area contributed by atoms with Crippen LogP contribution in [0.25, 0.3) is 5.82 Å². The van der Waals surface area contributed by atoms with Crippen LogP contribution in [0.2, 0.25) is 0 Å². The molecule has 2 aromatic rings. The van der Waals surface area contributed by atoms with E-state index >= 15 is 0 Å². The molecule has 0 N–H and O–H groups in total. The highest BCUT2D eigenvalue weighted by Crippen LogP contribution is 2.18. The number of piperidine rings is 1. The highest BCUT2D eigenvalue weighted by atomic mass is 15.3. The molecule has 0 atom stereocenters. The molecule has 0 bridgehead atoms. The van der Waals surface area contributed by atoms with Gasteiger partial charge in [0.25, 0.3) is 0 Å². The van der Waals surface area contributed by atoms with Crippen molar-refractivity contribution in [3.8, 4) is 5.82 Å². The van der Waals surface area contributed by atoms with Crippen LogP contribution in [0.1, 0.15) is 19.3 Å². The van der Waals surface area contributed by atoms with Gasteiger partial charge in [-0.2, -0.15) is 5.10 Å². The predicted molar refractivity (Wildman–Crippen MR) is 65.2 cm³/mol. The van der Waals surface area contributed by atoms with Crippen LogP contribution < -0.4 is 4.90 Å². The van der Waals surface area contributed by atoms with Crippen molar-refractivity contribution in [3.05, 3.63) is 30.9 Å². The summed E-state index contributed by atoms with van der Waals surface area (Å²) in [4.78, 5) is 10.9. The van der Waals surface area contributed by atoms with Crippen LogP contribution in [0, 0.1) is 0 Å². The topological polar surface area (TPSA) is 46.8 Å². The fourth-order valence-electron chi connectivity index (χ4n) is 2.16. The first-order valence-electron chi connectivity index (χ1n) is 6.00. The summed E-state index contributed by atoms with van der Waals surface area (Å²) in [6.45, 7) is 2.19. The third kappa shape index (κ3) is 2.13. The predicted octanol–water partition coefficient (Wildman–Crippen LogP) is 1.65. The Balaban J connectivity index is 1.88. The fraction of sp³-hybridized carbons (Fsp3) is 0.417. The van der Waals surface area contributed by atoms with E-state index in [0.717, 1.165) is 24.7 Å². The smallest absolute Gasteiger partial charge is 0.158 e. The standard InChI is InChI=1S/C12H15N5/c1-2-6-16(7-3-1)11-9-12(14-10-13-11)17-8-4-5-15-17/h4-5,8-10H,1-3,6-7H2. The van der Waals surface area contributed by atoms with Crippen LogP contribution in [-0.2, 0) is 0 Å². The first-order valence-corrected chi connectivity index (χ1v) is 6.00. The molecule has 88 valence electrons. The van der Waals surface area contributed by atoms with Gasteiger partial charge >= 0.3 is 0 Å². The van der Waals surface area contributed by atoms with Crippen LogP contribution in [-0.4, -0.2) is 32.8 Å². The van der Waals surface area contributed by atoms with Gasteiger partial charge in [0, 0.05) is 31.5 Å². The van der Waals surface area contributed by atoms with Gasteiger partial charge in [-0.25, -0.2) is 14.6 Å². The average Bonchev–Trinajstić information content (AvgIpc) is 2.94. The second-order valence-corrected chi connectivity index (χ2v) is 4.23. The number of rotatable bonds is 2. The summed E-state index contributed by atoms with van der Waals surface area (Å²) in [7, 11) is 0. The maximum absolute atomic E-state index is 4.35. The van der Waals surface area contributed by atoms with Crippen molar-refractivity contribution in [2.24, 2.45) is 0 Å². The van der Waals surface area contributed by atoms with E-state index in [0.29, 0.717) is 0 Å². The minimum absolute atomic E-state index is 0.825. The van der Waals surface area contributed by atoms with Gasteiger partial charge in [0.15, 0.2) is 5.82 Å². The monoisotopic (exact) mass is 229 g/mol. The van der Waals surface area contributed by atoms with E-state index in [9.17, 15) is 0 Å². The first kappa shape index (κ1) is 10.3. The van der Waals surface area contributed by atoms with Gasteiger partial charge in [0.05, 0.1) is 0 Å². The Labute approximate surface area is 100 Å². The number of nitrogens with zero attached hydrogens (tertiary/aromatic N) is 5. The average molecular weight is 229 g/mol. The highest BCUT2D eigenvalue weighted by Gasteiger charge is 2.12. The van der Waals surface area contributed by atoms with E-state index in [-0.39, 0.29) is 0 Å². The molecule has 1 saturated heterocycles. The normalized spacial score (nSPS) is 16.1. The lowest BCUT2D eigenvalue weighted by atomic mass is 10.1. The Hall–Kier alpha value is -1.91. The molecular weight excluding hydrogens is 214 g/mol. The van der Waals surface area contributed by atoms with Crippen molar-refractivity contribution >= 4 is 5.82 Å². The lowest BCUT2D eigenvalue weighted by molar-refractivity contribution is 0.572. The van der Waals surface area contributed by atoms with Crippen molar-refractivity contribution in [3.63, 3.8) is 0 Å². The summed E-state index contributed by atoms with van der Waals surface area (Å²) in [6.07, 6.45) is 9.09. The molecule has 17 heavy (non-hydrogen) atoms. The molecule has 3 rings (SSSR count). The minimum Gasteiger partial charge on any atom is -0.356 e. The molecule has 0 aromatic carbocycles. The Morgan fingerprint density at radius 2 is 1.82 bits per heavy atom. The van der Waals surface area contributed by atoms with Crippen LogP contribution in [0.15, 0.2) is 30.9 Å². The molecule has 0 aliphatic carbocycles. The summed E-state index contributed by atoms with van der Waals surface area (Å²) in [5.74, 6) is 1.83. The Morgan fingerprint density at radius 3 is 2.59 bits per heavy atom. The van der Waals surface area contributed by atoms with Crippen molar-refractivity contribution in [2.75, 3.05) is 18.0 Å². The van der Waals surface area contributed by atoms with E-state index in [1.807, 2.05) is 18.3 Å². The molecule has 5 heteroatoms. The van der Waals surface area contributed by atoms with Crippen LogP contribution in [0.4, 0.5) is 5.82 Å². The van der Waals surface area contributed by atoms with Gasteiger partial charge in [-0.1, -0.05) is 0 Å². The van der Waals surface area contributed by atoms with E-state index in [4.69, 9.17) is 0 Å². The Kier molecular flexibility index (Phi) is 2.73. The molecule has 1 aliphatic rings. The SMILES string of the molecule is c1cnn(-c2cc(N3CCCCC3)ncn2)c1. The number of aromatic nitrogens is 4. The molecule has 0 unspecified atom stereocenters. The minimum atomic E-state index is 0.825. The van der Waals surface area contributed by atoms with Gasteiger partial charge in [-0.15, -0.1) is 0 Å². The van der Waals surface area contributed by atoms with Gasteiger partial charge in [-0.3, -0.25) is 0 Å². The third-order valence-corrected chi connectivity index (χ3v) is 3.06. The molecule has 0 saturated carbocycles. The summed E-state index contributed by atoms with van der Waals surface area (Å²) >= 11 is 0. The van der Waals surface area contributed by atoms with E-state index in [2.05, 4.69) is 20.0 Å². The van der Waals surface area contributed by atoms with Gasteiger partial charge in [-0.05, 0) is 25.3 Å². The lowest BCUT2D eigenvalue weighted by Gasteiger charge is -2.27. The van der Waals surface area contributed by atoms with Crippen LogP contribution in [0.5, 0.6) is 0 Å². The van der Waals surface area contributed by atoms with E-state index in [1.165, 1.54) is 19.3 Å². The molecule has 0 amide bonds. The van der Waals surface area contributed by atoms with Crippen molar-refractivity contribution in [1.82, 2.24) is 19.7 Å². The molecule has 5 nitrogen and oxygen atoms in total. The summed E-state index contributed by atoms with van der Waals surface area (Å²) in [5.41, 5.74) is 0. The molecule has 0 radical (unpaired) electrons. The molecule has 0 spiro atoms. The van der Waals surface area contributed by atoms with Crippen molar-refractivity contribution in [1.29, 1.82) is 0 Å². The maximum Gasteiger partial charge on any atom is 0.158 e. The van der Waals surface area contributed by atoms with Crippen LogP contribution in [0.3, 0.4) is 0 Å². The largest absolute Gasteiger partial charge is 0.356 e. The third-order valence-electron chi connectivity index (χ3n) is 3.06. The van der Waals surface area contributed by atoms with Gasteiger partial charge < -0.3 is 4.90 Å². The first-order chi connectivity index (χ1) is 8.43. The Morgan fingerprint density at radius 1 is 1.00 bits per heavy atom. The summed E-state index contributed by atoms with van der Waals surface area (Å²) in [5, 5.41) is 4.18. The second kappa shape index (κ2) is 4.53. The van der Waals surface area contributed by atoms with E-state index < -0.39 is 0 Å². The quantitative estimate of drug-likeness (QED) is 0.785. The second-order valence-electron chi connectivity index (χ2n) is 4.23. The van der Waals surface area contributed by atoms with Gasteiger partial charge in [0.1, 0.15) is 12.1 Å². The summed E-state index contributed by atoms with van der Waals surface area (Å²) in [6, 6.07) is 3.89. The zero-order chi connectivity index (χ0) is 11.5. The lowest BCUT2D eigenvalue weighted by Crippen LogP contribution is -2.30. The number of hydrogen-bond acceptors (Lipinski definition) is 4. The molecular formula is C12H15N5. The van der Waals surface area contributed by atoms with E-state index in [1.54, 1.807) is 17.2 Å². The van der Waals surface area contributed by atoms with Crippen molar-refractivity contribution < 1.29 is 0 Å². The number of anilines is 1. The zero-order valence-corrected chi connectivity index (χ0v) is 9.66. The highest BCUT2D eigenvalue weighted by molar-refractivity contribution is 5.43. The molecule has 2 aromatic heterocycles. The molecule has 1 fully saturated rings. The molecule has 3 heterocycles. The maximum atomic E-state index is 4.35. The fourth-order valence-corrected chi connectivity index (χ4v) is 2.16.